The van der Waals surface area contributed by atoms with E-state index in [1.807, 2.05) is 18.2 Å². The van der Waals surface area contributed by atoms with E-state index in [1.165, 1.54) is 11.1 Å². The molecule has 21 heavy (non-hydrogen) atoms. The van der Waals surface area contributed by atoms with Gasteiger partial charge in [-0.3, -0.25) is 0 Å². The largest absolute Gasteiger partial charge is 0.388 e. The van der Waals surface area contributed by atoms with Crippen molar-refractivity contribution in [3.05, 3.63) is 68.7 Å². The van der Waals surface area contributed by atoms with Crippen LogP contribution in [0.5, 0.6) is 0 Å². The number of aliphatic hydroxyl groups is 1. The smallest absolute Gasteiger partial charge is 0.0830 e. The van der Waals surface area contributed by atoms with Gasteiger partial charge in [0.05, 0.1) is 16.1 Å². The zero-order valence-electron chi connectivity index (χ0n) is 12.4. The highest BCUT2D eigenvalue weighted by atomic mass is 35.5. The molecule has 1 N–H and O–H groups in total. The predicted molar refractivity (Wildman–Crippen MR) is 90.3 cm³/mol. The molecule has 2 aromatic rings. The topological polar surface area (TPSA) is 20.2 Å². The first-order valence-electron chi connectivity index (χ1n) is 7.28. The van der Waals surface area contributed by atoms with Crippen molar-refractivity contribution in [2.75, 3.05) is 0 Å². The van der Waals surface area contributed by atoms with Crippen LogP contribution < -0.4 is 0 Å². The van der Waals surface area contributed by atoms with E-state index in [-0.39, 0.29) is 0 Å². The number of hydrogen-bond acceptors (Lipinski definition) is 1. The Kier molecular flexibility index (Phi) is 5.69. The van der Waals surface area contributed by atoms with Crippen LogP contribution in [0.1, 0.15) is 42.2 Å². The summed E-state index contributed by atoms with van der Waals surface area (Å²) < 4.78 is 0. The first-order chi connectivity index (χ1) is 10.0. The molecule has 0 aromatic heterocycles. The van der Waals surface area contributed by atoms with Gasteiger partial charge < -0.3 is 5.11 Å². The molecule has 0 fully saturated rings. The number of rotatable bonds is 5. The second-order valence-electron chi connectivity index (χ2n) is 5.20. The highest BCUT2D eigenvalue weighted by Gasteiger charge is 2.11. The van der Waals surface area contributed by atoms with Crippen LogP contribution in [0.4, 0.5) is 0 Å². The molecule has 0 saturated carbocycles. The molecule has 1 atom stereocenters. The lowest BCUT2D eigenvalue weighted by molar-refractivity contribution is 0.178. The second-order valence-corrected chi connectivity index (χ2v) is 6.02. The molecule has 0 aliphatic heterocycles. The maximum atomic E-state index is 10.4. The molecule has 2 rings (SSSR count). The van der Waals surface area contributed by atoms with Gasteiger partial charge in [0.25, 0.3) is 0 Å². The molecule has 2 aromatic carbocycles. The molecule has 0 amide bonds. The highest BCUT2D eigenvalue weighted by Crippen LogP contribution is 2.26. The molecule has 0 aliphatic carbocycles. The number of aryl methyl sites for hydroxylation is 2. The summed E-state index contributed by atoms with van der Waals surface area (Å²) in [7, 11) is 0. The summed E-state index contributed by atoms with van der Waals surface area (Å²) in [5.41, 5.74) is 4.59. The highest BCUT2D eigenvalue weighted by molar-refractivity contribution is 6.42. The molecule has 0 radical (unpaired) electrons. The van der Waals surface area contributed by atoms with Gasteiger partial charge >= 0.3 is 0 Å². The SMILES string of the molecule is CCc1ccc(C(O)Cc2ccc(Cl)c(Cl)c2)cc1CC. The summed E-state index contributed by atoms with van der Waals surface area (Å²) in [6, 6.07) is 11.7. The van der Waals surface area contributed by atoms with E-state index in [0.29, 0.717) is 16.5 Å². The summed E-state index contributed by atoms with van der Waals surface area (Å²) in [4.78, 5) is 0. The Morgan fingerprint density at radius 2 is 1.62 bits per heavy atom. The van der Waals surface area contributed by atoms with Gasteiger partial charge in [-0.05, 0) is 47.2 Å². The fraction of sp³-hybridized carbons (Fsp3) is 0.333. The zero-order valence-corrected chi connectivity index (χ0v) is 13.9. The molecular weight excluding hydrogens is 303 g/mol. The van der Waals surface area contributed by atoms with Gasteiger partial charge in [-0.1, -0.05) is 61.3 Å². The fourth-order valence-corrected chi connectivity index (χ4v) is 2.86. The van der Waals surface area contributed by atoms with Crippen LogP contribution in [-0.2, 0) is 19.3 Å². The van der Waals surface area contributed by atoms with Crippen molar-refractivity contribution < 1.29 is 5.11 Å². The molecule has 0 aliphatic rings. The van der Waals surface area contributed by atoms with Crippen LogP contribution in [0.25, 0.3) is 0 Å². The minimum atomic E-state index is -0.529. The Labute approximate surface area is 136 Å². The minimum Gasteiger partial charge on any atom is -0.388 e. The summed E-state index contributed by atoms with van der Waals surface area (Å²) in [6.07, 6.45) is 2.01. The van der Waals surface area contributed by atoms with Gasteiger partial charge in [0.2, 0.25) is 0 Å². The zero-order chi connectivity index (χ0) is 15.4. The molecular formula is C18H20Cl2O. The van der Waals surface area contributed by atoms with Gasteiger partial charge in [0.1, 0.15) is 0 Å². The molecule has 1 nitrogen and oxygen atoms in total. The average Bonchev–Trinajstić information content (AvgIpc) is 2.50. The maximum absolute atomic E-state index is 10.4. The first kappa shape index (κ1) is 16.4. The molecule has 0 spiro atoms. The van der Waals surface area contributed by atoms with E-state index in [9.17, 15) is 5.11 Å². The molecule has 1 unspecified atom stereocenters. The summed E-state index contributed by atoms with van der Waals surface area (Å²) in [5, 5.41) is 11.5. The van der Waals surface area contributed by atoms with E-state index in [2.05, 4.69) is 26.0 Å². The third kappa shape index (κ3) is 4.00. The van der Waals surface area contributed by atoms with E-state index >= 15 is 0 Å². The van der Waals surface area contributed by atoms with E-state index in [4.69, 9.17) is 23.2 Å². The standard InChI is InChI=1S/C18H20Cl2O/c1-3-13-6-7-15(11-14(13)4-2)18(21)10-12-5-8-16(19)17(20)9-12/h5-9,11,18,21H,3-4,10H2,1-2H3. The Bertz CT molecular complexity index is 623. The van der Waals surface area contributed by atoms with Crippen molar-refractivity contribution in [1.29, 1.82) is 0 Å². The van der Waals surface area contributed by atoms with E-state index < -0.39 is 6.10 Å². The van der Waals surface area contributed by atoms with Crippen molar-refractivity contribution in [3.63, 3.8) is 0 Å². The molecule has 112 valence electrons. The van der Waals surface area contributed by atoms with Gasteiger partial charge in [0, 0.05) is 6.42 Å². The van der Waals surface area contributed by atoms with Crippen molar-refractivity contribution in [3.8, 4) is 0 Å². The number of hydrogen-bond donors (Lipinski definition) is 1. The quantitative estimate of drug-likeness (QED) is 0.782. The number of benzene rings is 2. The Morgan fingerprint density at radius 3 is 2.24 bits per heavy atom. The van der Waals surface area contributed by atoms with Crippen LogP contribution in [0.15, 0.2) is 36.4 Å². The fourth-order valence-electron chi connectivity index (χ4n) is 2.53. The molecule has 3 heteroatoms. The Morgan fingerprint density at radius 1 is 0.905 bits per heavy atom. The lowest BCUT2D eigenvalue weighted by Crippen LogP contribution is -2.04. The average molecular weight is 323 g/mol. The third-order valence-electron chi connectivity index (χ3n) is 3.79. The second kappa shape index (κ2) is 7.31. The van der Waals surface area contributed by atoms with Crippen molar-refractivity contribution in [2.24, 2.45) is 0 Å². The van der Waals surface area contributed by atoms with E-state index in [1.54, 1.807) is 6.07 Å². The summed E-state index contributed by atoms with van der Waals surface area (Å²) >= 11 is 11.9. The lowest BCUT2D eigenvalue weighted by atomic mass is 9.95. The number of halogens is 2. The van der Waals surface area contributed by atoms with E-state index in [0.717, 1.165) is 24.0 Å². The normalized spacial score (nSPS) is 12.4. The van der Waals surface area contributed by atoms with Gasteiger partial charge in [-0.25, -0.2) is 0 Å². The monoisotopic (exact) mass is 322 g/mol. The molecule has 0 saturated heterocycles. The third-order valence-corrected chi connectivity index (χ3v) is 4.53. The maximum Gasteiger partial charge on any atom is 0.0830 e. The molecule has 0 heterocycles. The van der Waals surface area contributed by atoms with Crippen LogP contribution in [0.3, 0.4) is 0 Å². The van der Waals surface area contributed by atoms with Crippen molar-refractivity contribution in [2.45, 2.75) is 39.2 Å². The van der Waals surface area contributed by atoms with Crippen molar-refractivity contribution in [1.82, 2.24) is 0 Å². The van der Waals surface area contributed by atoms with Crippen LogP contribution in [0.2, 0.25) is 10.0 Å². The minimum absolute atomic E-state index is 0.525. The summed E-state index contributed by atoms with van der Waals surface area (Å²) in [5.74, 6) is 0. The molecule has 0 bridgehead atoms. The van der Waals surface area contributed by atoms with Crippen molar-refractivity contribution >= 4 is 23.2 Å². The van der Waals surface area contributed by atoms with Gasteiger partial charge in [-0.15, -0.1) is 0 Å². The lowest BCUT2D eigenvalue weighted by Gasteiger charge is -2.15. The van der Waals surface area contributed by atoms with Gasteiger partial charge in [-0.2, -0.15) is 0 Å². The predicted octanol–water partition coefficient (Wildman–Crippen LogP) is 5.39. The Balaban J connectivity index is 2.19. The van der Waals surface area contributed by atoms with Gasteiger partial charge in [0.15, 0.2) is 0 Å². The Hall–Kier alpha value is -1.02. The first-order valence-corrected chi connectivity index (χ1v) is 8.04. The van der Waals surface area contributed by atoms with Crippen LogP contribution in [-0.4, -0.2) is 5.11 Å². The van der Waals surface area contributed by atoms with Crippen LogP contribution >= 0.6 is 23.2 Å². The summed E-state index contributed by atoms with van der Waals surface area (Å²) in [6.45, 7) is 4.30. The number of aliphatic hydroxyl groups excluding tert-OH is 1. The van der Waals surface area contributed by atoms with Crippen LogP contribution in [0, 0.1) is 0 Å².